The maximum absolute atomic E-state index is 10.6. The van der Waals surface area contributed by atoms with E-state index in [1.54, 1.807) is 20.8 Å². The van der Waals surface area contributed by atoms with Gasteiger partial charge in [-0.1, -0.05) is 0 Å². The molecule has 0 aliphatic rings. The lowest BCUT2D eigenvalue weighted by atomic mass is 10.2. The quantitative estimate of drug-likeness (QED) is 0.389. The minimum absolute atomic E-state index is 0.234. The highest BCUT2D eigenvalue weighted by molar-refractivity contribution is 7.46. The summed E-state index contributed by atoms with van der Waals surface area (Å²) in [6.45, 7) is 4.30. The zero-order valence-corrected chi connectivity index (χ0v) is 10.6. The number of hydrogen-bond acceptors (Lipinski definition) is 6. The molecule has 0 aliphatic heterocycles. The van der Waals surface area contributed by atoms with Gasteiger partial charge >= 0.3 is 7.82 Å². The average molecular weight is 273 g/mol. The molecule has 0 saturated heterocycles. The summed E-state index contributed by atoms with van der Waals surface area (Å²) in [5.41, 5.74) is -0.564. The molecule has 102 valence electrons. The molecular formula is C7H16NO8P. The first-order chi connectivity index (χ1) is 7.49. The number of rotatable bonds is 7. The van der Waals surface area contributed by atoms with E-state index < -0.39 is 31.2 Å². The van der Waals surface area contributed by atoms with Gasteiger partial charge in [-0.3, -0.25) is 4.52 Å². The molecule has 0 amide bonds. The number of phosphoric ester groups is 1. The van der Waals surface area contributed by atoms with Crippen LogP contribution < -0.4 is 0 Å². The van der Waals surface area contributed by atoms with Crippen LogP contribution >= 0.6 is 7.82 Å². The Hall–Kier alpha value is -0.730. The monoisotopic (exact) mass is 273 g/mol. The molecule has 10 heteroatoms. The van der Waals surface area contributed by atoms with Crippen molar-refractivity contribution in [3.63, 3.8) is 0 Å². The Morgan fingerprint density at radius 3 is 2.24 bits per heavy atom. The highest BCUT2D eigenvalue weighted by Crippen LogP contribution is 2.37. The van der Waals surface area contributed by atoms with E-state index >= 15 is 0 Å². The van der Waals surface area contributed by atoms with Gasteiger partial charge in [0.2, 0.25) is 0 Å². The number of hydrogen-bond donors (Lipinski definition) is 2. The molecule has 0 bridgehead atoms. The van der Waals surface area contributed by atoms with Crippen molar-refractivity contribution in [2.24, 2.45) is 0 Å². The van der Waals surface area contributed by atoms with Gasteiger partial charge < -0.3 is 19.4 Å². The van der Waals surface area contributed by atoms with Crippen LogP contribution in [-0.2, 0) is 18.7 Å². The zero-order valence-electron chi connectivity index (χ0n) is 9.73. The van der Waals surface area contributed by atoms with Crippen LogP contribution in [0.25, 0.3) is 0 Å². The van der Waals surface area contributed by atoms with Gasteiger partial charge in [-0.2, -0.15) is 0 Å². The van der Waals surface area contributed by atoms with Crippen molar-refractivity contribution >= 4 is 7.82 Å². The molecule has 0 aromatic carbocycles. The third-order valence-electron chi connectivity index (χ3n) is 1.35. The van der Waals surface area contributed by atoms with Gasteiger partial charge in [-0.25, -0.2) is 4.57 Å². The Morgan fingerprint density at radius 1 is 1.35 bits per heavy atom. The summed E-state index contributed by atoms with van der Waals surface area (Å²) in [7, 11) is -4.75. The lowest BCUT2D eigenvalue weighted by Crippen LogP contribution is -2.31. The molecule has 17 heavy (non-hydrogen) atoms. The Kier molecular flexibility index (Phi) is 6.00. The first-order valence-electron chi connectivity index (χ1n) is 4.65. The standard InChI is InChI=1S/C7H16NO8P/c1-7(2,3)14-4-6(5-15-8(9)10)16-17(11,12)13/h6H,4-5H2,1-3H3,(H2,11,12,13). The summed E-state index contributed by atoms with van der Waals surface area (Å²) in [5, 5.41) is 8.89. The van der Waals surface area contributed by atoms with Crippen molar-refractivity contribution in [2.45, 2.75) is 32.5 Å². The van der Waals surface area contributed by atoms with Crippen LogP contribution in [0.15, 0.2) is 0 Å². The van der Waals surface area contributed by atoms with E-state index in [1.165, 1.54) is 0 Å². The van der Waals surface area contributed by atoms with E-state index in [1.807, 2.05) is 0 Å². The van der Waals surface area contributed by atoms with Gasteiger partial charge in [0.25, 0.3) is 5.09 Å². The summed E-state index contributed by atoms with van der Waals surface area (Å²) in [5.74, 6) is 0. The number of ether oxygens (including phenoxy) is 1. The predicted octanol–water partition coefficient (Wildman–Crippen LogP) is 0.488. The molecule has 0 heterocycles. The first kappa shape index (κ1) is 16.3. The lowest BCUT2D eigenvalue weighted by molar-refractivity contribution is -0.759. The summed E-state index contributed by atoms with van der Waals surface area (Å²) in [6.07, 6.45) is -1.22. The smallest absolute Gasteiger partial charge is 0.373 e. The third kappa shape index (κ3) is 11.5. The predicted molar refractivity (Wildman–Crippen MR) is 55.6 cm³/mol. The second-order valence-electron chi connectivity index (χ2n) is 4.16. The van der Waals surface area contributed by atoms with E-state index in [4.69, 9.17) is 14.5 Å². The van der Waals surface area contributed by atoms with Crippen molar-refractivity contribution in [1.29, 1.82) is 0 Å². The van der Waals surface area contributed by atoms with Gasteiger partial charge in [0.1, 0.15) is 12.7 Å². The first-order valence-corrected chi connectivity index (χ1v) is 6.18. The molecule has 0 spiro atoms. The van der Waals surface area contributed by atoms with Crippen LogP contribution in [0.5, 0.6) is 0 Å². The van der Waals surface area contributed by atoms with E-state index in [9.17, 15) is 14.7 Å². The Morgan fingerprint density at radius 2 is 1.88 bits per heavy atom. The molecule has 0 aliphatic carbocycles. The molecule has 0 aromatic rings. The van der Waals surface area contributed by atoms with Crippen LogP contribution in [0.2, 0.25) is 0 Å². The molecule has 0 fully saturated rings. The molecule has 9 nitrogen and oxygen atoms in total. The summed E-state index contributed by atoms with van der Waals surface area (Å²) in [6, 6.07) is 0. The van der Waals surface area contributed by atoms with Crippen molar-refractivity contribution in [3.8, 4) is 0 Å². The highest BCUT2D eigenvalue weighted by atomic mass is 31.2. The van der Waals surface area contributed by atoms with Gasteiger partial charge in [0, 0.05) is 0 Å². The van der Waals surface area contributed by atoms with E-state index in [0.717, 1.165) is 0 Å². The molecule has 2 N–H and O–H groups in total. The minimum atomic E-state index is -4.75. The second-order valence-corrected chi connectivity index (χ2v) is 5.35. The third-order valence-corrected chi connectivity index (χ3v) is 1.93. The van der Waals surface area contributed by atoms with Gasteiger partial charge in [-0.15, -0.1) is 10.1 Å². The largest absolute Gasteiger partial charge is 0.469 e. The fourth-order valence-corrected chi connectivity index (χ4v) is 1.30. The van der Waals surface area contributed by atoms with Crippen LogP contribution in [0, 0.1) is 10.1 Å². The maximum Gasteiger partial charge on any atom is 0.469 e. The Bertz CT molecular complexity index is 295. The number of nitrogens with zero attached hydrogens (tertiary/aromatic N) is 1. The van der Waals surface area contributed by atoms with Crippen molar-refractivity contribution in [2.75, 3.05) is 13.2 Å². The Labute approximate surface area is 98.0 Å². The van der Waals surface area contributed by atoms with Crippen molar-refractivity contribution in [3.05, 3.63) is 10.1 Å². The lowest BCUT2D eigenvalue weighted by Gasteiger charge is -2.24. The van der Waals surface area contributed by atoms with E-state index in [2.05, 4.69) is 9.36 Å². The minimum Gasteiger partial charge on any atom is -0.373 e. The van der Waals surface area contributed by atoms with E-state index in [-0.39, 0.29) is 6.61 Å². The molecule has 0 saturated carbocycles. The van der Waals surface area contributed by atoms with E-state index in [0.29, 0.717) is 0 Å². The summed E-state index contributed by atoms with van der Waals surface area (Å²) in [4.78, 5) is 31.1. The SMILES string of the molecule is CC(C)(C)OCC(CO[N+](=O)[O-])OP(=O)(O)O. The van der Waals surface area contributed by atoms with Crippen LogP contribution in [0.1, 0.15) is 20.8 Å². The molecule has 0 aromatic heterocycles. The fraction of sp³-hybridized carbons (Fsp3) is 1.00. The highest BCUT2D eigenvalue weighted by Gasteiger charge is 2.25. The van der Waals surface area contributed by atoms with Crippen LogP contribution in [-0.4, -0.2) is 39.8 Å². The van der Waals surface area contributed by atoms with Gasteiger partial charge in [0.15, 0.2) is 0 Å². The average Bonchev–Trinajstić information content (AvgIpc) is 2.06. The Balaban J connectivity index is 4.30. The zero-order chi connectivity index (χ0) is 13.7. The summed E-state index contributed by atoms with van der Waals surface area (Å²) >= 11 is 0. The topological polar surface area (TPSA) is 128 Å². The molecule has 0 rings (SSSR count). The molecule has 1 unspecified atom stereocenters. The molecule has 1 atom stereocenters. The van der Waals surface area contributed by atoms with Gasteiger partial charge in [-0.05, 0) is 20.8 Å². The summed E-state index contributed by atoms with van der Waals surface area (Å²) < 4.78 is 20.1. The van der Waals surface area contributed by atoms with Crippen LogP contribution in [0.4, 0.5) is 0 Å². The molecular weight excluding hydrogens is 257 g/mol. The number of phosphoric acid groups is 1. The van der Waals surface area contributed by atoms with Crippen LogP contribution in [0.3, 0.4) is 0 Å². The maximum atomic E-state index is 10.6. The second kappa shape index (κ2) is 6.27. The normalized spacial score (nSPS) is 14.4. The van der Waals surface area contributed by atoms with Gasteiger partial charge in [0.05, 0.1) is 12.2 Å². The fourth-order valence-electron chi connectivity index (χ4n) is 0.790. The van der Waals surface area contributed by atoms with Crippen molar-refractivity contribution in [1.82, 2.24) is 0 Å². The molecule has 0 radical (unpaired) electrons. The van der Waals surface area contributed by atoms with Crippen molar-refractivity contribution < 1.29 is 33.5 Å².